The summed E-state index contributed by atoms with van der Waals surface area (Å²) in [6.45, 7) is 8.77. The first-order chi connectivity index (χ1) is 36.9. The van der Waals surface area contributed by atoms with Crippen LogP contribution in [0.4, 0.5) is 34.1 Å². The minimum Gasteiger partial charge on any atom is -0.454 e. The molecule has 356 valence electrons. The average molecular weight is 1200 g/mol. The number of aromatic nitrogens is 2. The second-order valence-corrected chi connectivity index (χ2v) is 20.5. The van der Waals surface area contributed by atoms with Crippen LogP contribution in [0.2, 0.25) is 0 Å². The van der Waals surface area contributed by atoms with Gasteiger partial charge in [-0.15, -0.1) is 17.7 Å². The fourth-order valence-corrected chi connectivity index (χ4v) is 12.8. The van der Waals surface area contributed by atoms with E-state index in [4.69, 9.17) is 4.42 Å². The van der Waals surface area contributed by atoms with Crippen LogP contribution in [0.5, 0.6) is 0 Å². The Labute approximate surface area is 462 Å². The summed E-state index contributed by atoms with van der Waals surface area (Å²) in [7, 11) is 0. The summed E-state index contributed by atoms with van der Waals surface area (Å²) in [6.07, 6.45) is 0. The van der Waals surface area contributed by atoms with Gasteiger partial charge in [-0.25, -0.2) is 11.1 Å². The summed E-state index contributed by atoms with van der Waals surface area (Å²) in [4.78, 5) is 4.81. The van der Waals surface area contributed by atoms with E-state index in [-0.39, 0.29) is 31.1 Å². The van der Waals surface area contributed by atoms with Gasteiger partial charge >= 0.3 is 31.1 Å². The molecule has 16 aromatic rings. The molecule has 0 aliphatic carbocycles. The van der Waals surface area contributed by atoms with E-state index in [9.17, 15) is 0 Å². The van der Waals surface area contributed by atoms with Crippen molar-refractivity contribution in [2.75, 3.05) is 9.80 Å². The quantitative estimate of drug-likeness (QED) is 0.149. The molecule has 0 N–H and O–H groups in total. The van der Waals surface area contributed by atoms with Gasteiger partial charge in [-0.05, 0) is 110 Å². The first-order valence-corrected chi connectivity index (χ1v) is 25.8. The molecule has 5 nitrogen and oxygen atoms in total. The normalized spacial score (nSPS) is 12.1. The molecule has 0 spiro atoms. The topological polar surface area (TPSA) is 28.4 Å². The standard InChI is InChI=1S/C70H46N4O.U/c1-41-16-8-11-25-59(41)71(63-36-46(30-28-43(63)3)45-18-6-5-7-19-45)47-31-34-61-55(37-47)50-21-14-23-52-57-40-65-58(39-64(57)73(61)68(50)52)53-24-15-22-51-56-38-48(32-35-62(56)74(65)69(51)53)72(60-26-12-9-17-42(60)2)67-44(4)29-33-54-49-20-10-13-27-66(49)75-70(54)67;/h5-18,20-35,37-40H,1-4H3;/q-2;+2. The number of anilines is 6. The monoisotopic (exact) mass is 1200 g/mol. The van der Waals surface area contributed by atoms with Crippen molar-refractivity contribution in [3.63, 3.8) is 0 Å². The molecular formula is C70H46N4OU. The third kappa shape index (κ3) is 6.26. The molecule has 0 fully saturated rings. The number of hydrogen-bond donors (Lipinski definition) is 0. The van der Waals surface area contributed by atoms with Gasteiger partial charge < -0.3 is 23.0 Å². The van der Waals surface area contributed by atoms with Gasteiger partial charge in [0.25, 0.3) is 0 Å². The molecule has 5 aromatic heterocycles. The number of aryl methyl sites for hydroxylation is 4. The summed E-state index contributed by atoms with van der Waals surface area (Å²) >= 11 is 0. The second-order valence-electron chi connectivity index (χ2n) is 20.5. The Morgan fingerprint density at radius 2 is 0.908 bits per heavy atom. The number of benzene rings is 11. The predicted octanol–water partition coefficient (Wildman–Crippen LogP) is 19.3. The minimum absolute atomic E-state index is 0. The number of para-hydroxylation sites is 5. The summed E-state index contributed by atoms with van der Waals surface area (Å²) < 4.78 is 11.8. The first-order valence-electron chi connectivity index (χ1n) is 25.8. The van der Waals surface area contributed by atoms with Crippen molar-refractivity contribution < 1.29 is 35.5 Å². The van der Waals surface area contributed by atoms with Gasteiger partial charge in [0.1, 0.15) is 5.58 Å². The molecule has 76 heavy (non-hydrogen) atoms. The second kappa shape index (κ2) is 16.7. The molecule has 16 rings (SSSR count). The van der Waals surface area contributed by atoms with Crippen molar-refractivity contribution in [2.45, 2.75) is 27.7 Å². The molecule has 0 bridgehead atoms. The fraction of sp³-hybridized carbons (Fsp3) is 0.0571. The molecule has 0 radical (unpaired) electrons. The van der Waals surface area contributed by atoms with Gasteiger partial charge in [0.2, 0.25) is 0 Å². The Bertz CT molecular complexity index is 5020. The van der Waals surface area contributed by atoms with E-state index in [1.165, 1.54) is 87.3 Å². The molecule has 0 aliphatic heterocycles. The molecule has 0 saturated heterocycles. The average Bonchev–Trinajstić information content (AvgIpc) is 4.44. The molecule has 0 saturated carbocycles. The van der Waals surface area contributed by atoms with Crippen molar-refractivity contribution in [3.8, 4) is 11.1 Å². The fourth-order valence-electron chi connectivity index (χ4n) is 12.8. The number of fused-ring (bicyclic) bond motifs is 15. The van der Waals surface area contributed by atoms with E-state index in [1.54, 1.807) is 0 Å². The summed E-state index contributed by atoms with van der Waals surface area (Å²) in [5.41, 5.74) is 22.3. The largest absolute Gasteiger partial charge is 2.00 e. The van der Waals surface area contributed by atoms with Crippen LogP contribution >= 0.6 is 0 Å². The summed E-state index contributed by atoms with van der Waals surface area (Å²) in [5, 5.41) is 12.2. The maximum Gasteiger partial charge on any atom is 2.00 e. The van der Waals surface area contributed by atoms with E-state index in [0.717, 1.165) is 78.3 Å². The van der Waals surface area contributed by atoms with E-state index in [0.29, 0.717) is 0 Å². The molecule has 0 aliphatic rings. The summed E-state index contributed by atoms with van der Waals surface area (Å²) in [6, 6.07) is 82.6. The Balaban J connectivity index is 0.00000506. The molecular weight excluding hydrogens is 1150 g/mol. The van der Waals surface area contributed by atoms with Crippen LogP contribution < -0.4 is 9.80 Å². The van der Waals surface area contributed by atoms with Gasteiger partial charge in [-0.3, -0.25) is 0 Å². The van der Waals surface area contributed by atoms with E-state index in [1.807, 2.05) is 18.2 Å². The van der Waals surface area contributed by atoms with Gasteiger partial charge in [0.05, 0.1) is 38.8 Å². The van der Waals surface area contributed by atoms with E-state index >= 15 is 0 Å². The maximum atomic E-state index is 6.77. The molecule has 0 amide bonds. The SMILES string of the molecule is Cc1ccc(-c2[c-]cccc2)[c-]c1N(c1ccc2c(c1)c1cccc3c4cc5c(cc4n2c13)c1cccc2c3cc(N(c4ccccc4C)c4c(C)ccc6c4oc4ccccc46)ccc3n5c21)c1ccccc1C.[U+2]. The van der Waals surface area contributed by atoms with Crippen molar-refractivity contribution >= 4 is 132 Å². The van der Waals surface area contributed by atoms with Crippen molar-refractivity contribution in [2.24, 2.45) is 0 Å². The van der Waals surface area contributed by atoms with Crippen LogP contribution in [0.1, 0.15) is 22.3 Å². The number of nitrogens with zero attached hydrogens (tertiary/aromatic N) is 4. The molecule has 6 heteroatoms. The van der Waals surface area contributed by atoms with Crippen molar-refractivity contribution in [3.05, 3.63) is 241 Å². The third-order valence-corrected chi connectivity index (χ3v) is 16.2. The van der Waals surface area contributed by atoms with Gasteiger partial charge in [0, 0.05) is 76.6 Å². The molecule has 11 aromatic carbocycles. The number of rotatable bonds is 7. The van der Waals surface area contributed by atoms with Crippen LogP contribution in [-0.4, -0.2) is 8.80 Å². The Morgan fingerprint density at radius 1 is 0.382 bits per heavy atom. The molecule has 0 unspecified atom stereocenters. The Kier molecular flexibility index (Phi) is 9.89. The van der Waals surface area contributed by atoms with Crippen molar-refractivity contribution in [1.82, 2.24) is 8.80 Å². The molecule has 0 atom stereocenters. The third-order valence-electron chi connectivity index (χ3n) is 16.2. The van der Waals surface area contributed by atoms with Crippen LogP contribution in [0.15, 0.2) is 211 Å². The Morgan fingerprint density at radius 3 is 1.51 bits per heavy atom. The first kappa shape index (κ1) is 44.9. The van der Waals surface area contributed by atoms with Gasteiger partial charge in [0.15, 0.2) is 5.58 Å². The maximum absolute atomic E-state index is 6.77. The van der Waals surface area contributed by atoms with E-state index in [2.05, 4.69) is 246 Å². The number of furan rings is 1. The zero-order valence-electron chi connectivity index (χ0n) is 42.3. The van der Waals surface area contributed by atoms with Crippen LogP contribution in [0.3, 0.4) is 0 Å². The molecule has 5 heterocycles. The zero-order valence-corrected chi connectivity index (χ0v) is 46.5. The van der Waals surface area contributed by atoms with Crippen molar-refractivity contribution in [1.29, 1.82) is 0 Å². The van der Waals surface area contributed by atoms with Crippen LogP contribution in [0, 0.1) is 70.9 Å². The minimum atomic E-state index is 0. The Hall–Kier alpha value is -8.53. The smallest absolute Gasteiger partial charge is 0.454 e. The van der Waals surface area contributed by atoms with E-state index < -0.39 is 0 Å². The zero-order chi connectivity index (χ0) is 49.8. The van der Waals surface area contributed by atoms with Gasteiger partial charge in [-0.2, -0.15) is 36.4 Å². The number of hydrogen-bond acceptors (Lipinski definition) is 3. The summed E-state index contributed by atoms with van der Waals surface area (Å²) in [5.74, 6) is 0. The van der Waals surface area contributed by atoms with Crippen LogP contribution in [0.25, 0.3) is 109 Å². The van der Waals surface area contributed by atoms with Gasteiger partial charge in [-0.1, -0.05) is 110 Å². The van der Waals surface area contributed by atoms with Crippen LogP contribution in [-0.2, 0) is 0 Å². The predicted molar refractivity (Wildman–Crippen MR) is 314 cm³/mol.